The highest BCUT2D eigenvalue weighted by Gasteiger charge is 2.61. The number of benzene rings is 2. The number of nitrogens with one attached hydrogen (secondary N) is 4. The van der Waals surface area contributed by atoms with Gasteiger partial charge in [0.2, 0.25) is 21.8 Å². The molecular formula is C49H62N8O9S2. The normalized spacial score (nSPS) is 25.1. The predicted molar refractivity (Wildman–Crippen MR) is 259 cm³/mol. The largest absolute Gasteiger partial charge is 0.497 e. The summed E-state index contributed by atoms with van der Waals surface area (Å²) in [6.45, 7) is 10.0. The molecule has 5 heterocycles. The van der Waals surface area contributed by atoms with Crippen LogP contribution in [0.25, 0.3) is 22.3 Å². The van der Waals surface area contributed by atoms with Crippen molar-refractivity contribution in [3.05, 3.63) is 71.6 Å². The number of urea groups is 1. The van der Waals surface area contributed by atoms with Crippen molar-refractivity contribution in [1.29, 1.82) is 0 Å². The maximum Gasteiger partial charge on any atom is 0.330 e. The molecule has 19 heteroatoms. The third-order valence-electron chi connectivity index (χ3n) is 13.3. The highest BCUT2D eigenvalue weighted by molar-refractivity contribution is 7.89. The van der Waals surface area contributed by atoms with E-state index in [9.17, 15) is 27.9 Å². The Kier molecular flexibility index (Phi) is 14.1. The van der Waals surface area contributed by atoms with E-state index < -0.39 is 74.9 Å². The number of carboxylic acids is 1. The summed E-state index contributed by atoms with van der Waals surface area (Å²) in [6.07, 6.45) is 6.87. The van der Waals surface area contributed by atoms with Gasteiger partial charge in [-0.05, 0) is 75.1 Å². The molecule has 4 aromatic rings. The minimum absolute atomic E-state index is 0.0100. The number of carboxylic acid groups (broad SMARTS) is 1. The zero-order valence-electron chi connectivity index (χ0n) is 39.4. The second kappa shape index (κ2) is 19.7. The Morgan fingerprint density at radius 1 is 1.06 bits per heavy atom. The van der Waals surface area contributed by atoms with E-state index in [4.69, 9.17) is 19.4 Å². The van der Waals surface area contributed by atoms with Gasteiger partial charge in [0.1, 0.15) is 40.9 Å². The van der Waals surface area contributed by atoms with Crippen LogP contribution < -0.4 is 30.7 Å². The van der Waals surface area contributed by atoms with Crippen LogP contribution in [0.4, 0.5) is 9.93 Å². The number of ether oxygens (including phenoxy) is 2. The van der Waals surface area contributed by atoms with Gasteiger partial charge in [0.25, 0.3) is 0 Å². The number of fused-ring (bicyclic) bond motifs is 4. The molecule has 0 bridgehead atoms. The highest BCUT2D eigenvalue weighted by Crippen LogP contribution is 2.46. The zero-order valence-corrected chi connectivity index (χ0v) is 41.0. The lowest BCUT2D eigenvalue weighted by atomic mass is 9.86. The number of pyridine rings is 1. The Labute approximate surface area is 401 Å². The lowest BCUT2D eigenvalue weighted by Gasteiger charge is -2.37. The molecule has 364 valence electrons. The number of amides is 4. The summed E-state index contributed by atoms with van der Waals surface area (Å²) in [4.78, 5) is 67.8. The van der Waals surface area contributed by atoms with Gasteiger partial charge in [0.15, 0.2) is 5.13 Å². The predicted octanol–water partition coefficient (Wildman–Crippen LogP) is 6.34. The van der Waals surface area contributed by atoms with Gasteiger partial charge in [-0.3, -0.25) is 9.59 Å². The van der Waals surface area contributed by atoms with Crippen LogP contribution in [0.5, 0.6) is 11.5 Å². The van der Waals surface area contributed by atoms with Crippen molar-refractivity contribution in [2.45, 2.75) is 127 Å². The molecule has 0 radical (unpaired) electrons. The van der Waals surface area contributed by atoms with E-state index in [0.29, 0.717) is 53.1 Å². The van der Waals surface area contributed by atoms with Crippen LogP contribution in [-0.4, -0.2) is 119 Å². The number of thiazole rings is 1. The quantitative estimate of drug-likeness (QED) is 0.104. The van der Waals surface area contributed by atoms with E-state index in [2.05, 4.69) is 21.3 Å². The number of sulfonamides is 1. The number of hydrogen-bond acceptors (Lipinski definition) is 12. The summed E-state index contributed by atoms with van der Waals surface area (Å²) in [6, 6.07) is 10.8. The van der Waals surface area contributed by atoms with Gasteiger partial charge < -0.3 is 40.7 Å². The van der Waals surface area contributed by atoms with Crippen molar-refractivity contribution in [3.8, 4) is 22.9 Å². The number of aromatic nitrogens is 2. The fourth-order valence-electron chi connectivity index (χ4n) is 9.32. The standard InChI is InChI=1S/C49H62N8O9S2/c1-29(2)50-47-53-38(28-67-47)37-24-40(34-19-18-32(65-6)22-36(34)51-37)66-33-23-39-43(58)55-49(45(60)61)25-31(49)15-10-8-7-9-11-16-35(44(59)57(39)26-33)52-46(62)54-42(48(3,4)5)27-56-21-20-30-14-12-13-17-41(30)68(56,63)64/h10,12-15,17-19,22,24,28-29,31,33,35,39,42H,7-9,11,16,20-21,23,25-27H2,1-6H3,(H,50,53)(H,55,58)(H,60,61)(H2,52,54,62)/b15-10-/t31?,33-,35+,39+,42-,49-/m1/s1. The third-order valence-corrected chi connectivity index (χ3v) is 16.1. The molecule has 1 unspecified atom stereocenters. The van der Waals surface area contributed by atoms with E-state index in [-0.39, 0.29) is 49.8 Å². The van der Waals surface area contributed by atoms with Crippen LogP contribution in [0.2, 0.25) is 0 Å². The van der Waals surface area contributed by atoms with Crippen molar-refractivity contribution in [3.63, 3.8) is 0 Å². The van der Waals surface area contributed by atoms with Crippen molar-refractivity contribution < 1.29 is 42.2 Å². The van der Waals surface area contributed by atoms with Crippen molar-refractivity contribution >= 4 is 61.2 Å². The van der Waals surface area contributed by atoms with Crippen LogP contribution in [-0.2, 0) is 30.8 Å². The number of methoxy groups -OCH3 is 1. The Morgan fingerprint density at radius 3 is 2.60 bits per heavy atom. The second-order valence-corrected chi connectivity index (χ2v) is 22.4. The van der Waals surface area contributed by atoms with Crippen LogP contribution in [0, 0.1) is 11.3 Å². The molecule has 4 amide bonds. The van der Waals surface area contributed by atoms with E-state index in [0.717, 1.165) is 23.5 Å². The van der Waals surface area contributed by atoms with Gasteiger partial charge in [-0.15, -0.1) is 11.3 Å². The average Bonchev–Trinajstić information content (AvgIpc) is 3.55. The minimum atomic E-state index is -3.83. The van der Waals surface area contributed by atoms with E-state index in [1.165, 1.54) is 20.5 Å². The molecule has 17 nitrogen and oxygen atoms in total. The number of hydrogen-bond donors (Lipinski definition) is 5. The van der Waals surface area contributed by atoms with Crippen LogP contribution in [0.3, 0.4) is 0 Å². The van der Waals surface area contributed by atoms with Gasteiger partial charge in [-0.25, -0.2) is 28.0 Å². The monoisotopic (exact) mass is 970 g/mol. The number of carbonyl (C=O) groups excluding carboxylic acids is 3. The Bertz CT molecular complexity index is 2700. The molecule has 3 aliphatic heterocycles. The van der Waals surface area contributed by atoms with E-state index in [1.54, 1.807) is 37.4 Å². The molecule has 1 aliphatic carbocycles. The molecule has 2 aromatic heterocycles. The summed E-state index contributed by atoms with van der Waals surface area (Å²) in [5.74, 6) is -1.68. The maximum atomic E-state index is 15.0. The molecule has 5 N–H and O–H groups in total. The fourth-order valence-corrected chi connectivity index (χ4v) is 11.9. The van der Waals surface area contributed by atoms with Gasteiger partial charge in [-0.2, -0.15) is 4.31 Å². The van der Waals surface area contributed by atoms with Crippen molar-refractivity contribution in [2.75, 3.05) is 32.1 Å². The lowest BCUT2D eigenvalue weighted by molar-refractivity contribution is -0.145. The molecule has 4 aliphatic rings. The first-order chi connectivity index (χ1) is 32.4. The maximum absolute atomic E-state index is 15.0. The van der Waals surface area contributed by atoms with Crippen LogP contribution in [0.1, 0.15) is 85.1 Å². The first kappa shape index (κ1) is 48.7. The Hall–Kier alpha value is -5.79. The van der Waals surface area contributed by atoms with E-state index >= 15 is 4.79 Å². The molecular weight excluding hydrogens is 909 g/mol. The summed E-state index contributed by atoms with van der Waals surface area (Å²) in [5, 5.41) is 25.8. The highest BCUT2D eigenvalue weighted by atomic mass is 32.2. The van der Waals surface area contributed by atoms with Crippen molar-refractivity contribution in [1.82, 2.24) is 35.1 Å². The molecule has 68 heavy (non-hydrogen) atoms. The second-order valence-electron chi connectivity index (χ2n) is 19.7. The van der Waals surface area contributed by atoms with E-state index in [1.807, 2.05) is 70.3 Å². The summed E-state index contributed by atoms with van der Waals surface area (Å²) in [7, 11) is -2.27. The minimum Gasteiger partial charge on any atom is -0.497 e. The molecule has 1 saturated carbocycles. The number of anilines is 1. The smallest absolute Gasteiger partial charge is 0.330 e. The number of rotatable bonds is 11. The van der Waals surface area contributed by atoms with Gasteiger partial charge in [0, 0.05) is 60.4 Å². The van der Waals surface area contributed by atoms with Crippen LogP contribution >= 0.6 is 11.3 Å². The van der Waals surface area contributed by atoms with Gasteiger partial charge in [0.05, 0.1) is 29.8 Å². The summed E-state index contributed by atoms with van der Waals surface area (Å²) < 4.78 is 41.3. The number of allylic oxidation sites excluding steroid dienone is 1. The first-order valence-corrected chi connectivity index (χ1v) is 25.7. The first-order valence-electron chi connectivity index (χ1n) is 23.4. The Balaban J connectivity index is 1.08. The SMILES string of the molecule is COc1ccc2c(O[C@@H]3C[C@H]4C(=O)N[C@]5(C(=O)O)CC5/C=C\CCCCC[C@H](NC(=O)N[C@H](CN5CCc6ccccc6S5(=O)=O)C(C)(C)C)C(=O)N4C3)cc(-c3csc(NC(C)C)n3)nc2c1. The van der Waals surface area contributed by atoms with Gasteiger partial charge >= 0.3 is 12.0 Å². The topological polar surface area (TPSA) is 221 Å². The molecule has 0 spiro atoms. The van der Waals surface area contributed by atoms with Gasteiger partial charge in [-0.1, -0.05) is 64.0 Å². The lowest BCUT2D eigenvalue weighted by Crippen LogP contribution is -2.59. The summed E-state index contributed by atoms with van der Waals surface area (Å²) in [5.41, 5.74) is 0.377. The fraction of sp³-hybridized carbons (Fsp3) is 0.510. The third kappa shape index (κ3) is 10.4. The van der Waals surface area contributed by atoms with Crippen LogP contribution in [0.15, 0.2) is 71.0 Å². The molecule has 8 rings (SSSR count). The summed E-state index contributed by atoms with van der Waals surface area (Å²) >= 11 is 1.45. The number of aliphatic carboxylic acids is 1. The molecule has 6 atom stereocenters. The number of nitrogens with zero attached hydrogens (tertiary/aromatic N) is 4. The Morgan fingerprint density at radius 2 is 1.85 bits per heavy atom. The number of carbonyl (C=O) groups is 4. The van der Waals surface area contributed by atoms with Crippen molar-refractivity contribution in [2.24, 2.45) is 11.3 Å². The zero-order chi connectivity index (χ0) is 48.5. The average molecular weight is 971 g/mol. The molecule has 2 fully saturated rings. The molecule has 1 saturated heterocycles. The molecule has 2 aromatic carbocycles.